The number of aryl methyl sites for hydroxylation is 2. The summed E-state index contributed by atoms with van der Waals surface area (Å²) in [6.45, 7) is 5.41. The quantitative estimate of drug-likeness (QED) is 0.528. The van der Waals surface area contributed by atoms with Gasteiger partial charge in [0.05, 0.1) is 12.8 Å². The summed E-state index contributed by atoms with van der Waals surface area (Å²) in [6.07, 6.45) is 3.58. The highest BCUT2D eigenvalue weighted by atomic mass is 16.5. The van der Waals surface area contributed by atoms with E-state index in [4.69, 9.17) is 10.5 Å². The molecule has 3 aromatic rings. The third-order valence-corrected chi connectivity index (χ3v) is 4.28. The van der Waals surface area contributed by atoms with Crippen LogP contribution in [0.4, 0.5) is 4.79 Å². The number of carbonyl (C=O) groups is 1. The van der Waals surface area contributed by atoms with E-state index in [9.17, 15) is 4.79 Å². The number of aromatic nitrogens is 1. The van der Waals surface area contributed by atoms with Crippen LogP contribution in [-0.4, -0.2) is 23.4 Å². The Morgan fingerprint density at radius 3 is 2.81 bits per heavy atom. The minimum absolute atomic E-state index is 0.553. The van der Waals surface area contributed by atoms with Gasteiger partial charge in [-0.25, -0.2) is 10.2 Å². The van der Waals surface area contributed by atoms with E-state index in [1.807, 2.05) is 36.5 Å². The van der Waals surface area contributed by atoms with Crippen molar-refractivity contribution < 1.29 is 9.53 Å². The molecule has 0 aliphatic carbocycles. The molecule has 2 amide bonds. The highest BCUT2D eigenvalue weighted by molar-refractivity contribution is 5.99. The van der Waals surface area contributed by atoms with Crippen LogP contribution in [-0.2, 0) is 6.54 Å². The number of hydrogen-bond acceptors (Lipinski definition) is 3. The summed E-state index contributed by atoms with van der Waals surface area (Å²) < 4.78 is 8.00. The van der Waals surface area contributed by atoms with Gasteiger partial charge in [-0.2, -0.15) is 5.10 Å². The molecule has 6 nitrogen and oxygen atoms in total. The van der Waals surface area contributed by atoms with Crippen LogP contribution in [0.3, 0.4) is 0 Å². The highest BCUT2D eigenvalue weighted by Gasteiger charge is 2.07. The van der Waals surface area contributed by atoms with Gasteiger partial charge in [0.1, 0.15) is 12.4 Å². The van der Waals surface area contributed by atoms with Crippen LogP contribution >= 0.6 is 0 Å². The molecule has 1 aromatic heterocycles. The van der Waals surface area contributed by atoms with Crippen molar-refractivity contribution in [2.24, 2.45) is 10.8 Å². The second kappa shape index (κ2) is 7.74. The topological polar surface area (TPSA) is 81.6 Å². The van der Waals surface area contributed by atoms with Crippen LogP contribution in [0.2, 0.25) is 0 Å². The molecule has 3 N–H and O–H groups in total. The lowest BCUT2D eigenvalue weighted by molar-refractivity contribution is 0.249. The summed E-state index contributed by atoms with van der Waals surface area (Å²) in [5.41, 5.74) is 11.7. The summed E-state index contributed by atoms with van der Waals surface area (Å²) in [4.78, 5) is 10.8. The standard InChI is InChI=1S/C20H22N4O2/c1-14-7-8-17(11-15(14)2)26-10-9-24-13-16(12-22-23-20(21)25)18-5-3-4-6-19(18)24/h3-8,11-13H,9-10H2,1-2H3,(H3,21,23,25)/b22-12-. The Bertz CT molecular complexity index is 960. The Morgan fingerprint density at radius 2 is 2.04 bits per heavy atom. The molecule has 0 spiro atoms. The SMILES string of the molecule is Cc1ccc(OCCn2cc(/C=N\NC(N)=O)c3ccccc32)cc1C. The maximum Gasteiger partial charge on any atom is 0.332 e. The Morgan fingerprint density at radius 1 is 1.23 bits per heavy atom. The number of urea groups is 1. The lowest BCUT2D eigenvalue weighted by Gasteiger charge is -2.10. The summed E-state index contributed by atoms with van der Waals surface area (Å²) >= 11 is 0. The molecule has 0 radical (unpaired) electrons. The highest BCUT2D eigenvalue weighted by Crippen LogP contribution is 2.21. The number of benzene rings is 2. The van der Waals surface area contributed by atoms with E-state index in [-0.39, 0.29) is 0 Å². The van der Waals surface area contributed by atoms with Crippen LogP contribution in [0.25, 0.3) is 10.9 Å². The van der Waals surface area contributed by atoms with Crippen molar-refractivity contribution in [3.05, 3.63) is 65.4 Å². The van der Waals surface area contributed by atoms with Gasteiger partial charge in [0.25, 0.3) is 0 Å². The van der Waals surface area contributed by atoms with Gasteiger partial charge in [-0.15, -0.1) is 0 Å². The Kier molecular flexibility index (Phi) is 5.22. The fraction of sp³-hybridized carbons (Fsp3) is 0.200. The number of nitrogens with zero attached hydrogens (tertiary/aromatic N) is 2. The molecule has 0 bridgehead atoms. The van der Waals surface area contributed by atoms with Gasteiger partial charge in [-0.1, -0.05) is 24.3 Å². The molecule has 2 aromatic carbocycles. The van der Waals surface area contributed by atoms with Crippen LogP contribution < -0.4 is 15.9 Å². The van der Waals surface area contributed by atoms with E-state index in [0.29, 0.717) is 13.2 Å². The fourth-order valence-electron chi connectivity index (χ4n) is 2.79. The molecular weight excluding hydrogens is 328 g/mol. The molecule has 0 aliphatic heterocycles. The van der Waals surface area contributed by atoms with E-state index in [2.05, 4.69) is 41.1 Å². The maximum absolute atomic E-state index is 10.8. The Balaban J connectivity index is 1.74. The van der Waals surface area contributed by atoms with Crippen molar-refractivity contribution in [2.45, 2.75) is 20.4 Å². The van der Waals surface area contributed by atoms with Gasteiger partial charge in [-0.05, 0) is 43.2 Å². The van der Waals surface area contributed by atoms with E-state index in [0.717, 1.165) is 22.2 Å². The normalized spacial score (nSPS) is 11.2. The monoisotopic (exact) mass is 350 g/mol. The fourth-order valence-corrected chi connectivity index (χ4v) is 2.79. The van der Waals surface area contributed by atoms with Gasteiger partial charge >= 0.3 is 6.03 Å². The number of carbonyl (C=O) groups excluding carboxylic acids is 1. The second-order valence-corrected chi connectivity index (χ2v) is 6.12. The van der Waals surface area contributed by atoms with Gasteiger partial charge in [-0.3, -0.25) is 0 Å². The third kappa shape index (κ3) is 4.03. The first-order valence-electron chi connectivity index (χ1n) is 8.41. The number of nitrogens with one attached hydrogen (secondary N) is 1. The Labute approximate surface area is 152 Å². The van der Waals surface area contributed by atoms with Gasteiger partial charge in [0.15, 0.2) is 0 Å². The molecule has 0 atom stereocenters. The number of ether oxygens (including phenoxy) is 1. The van der Waals surface area contributed by atoms with Crippen molar-refractivity contribution in [1.82, 2.24) is 9.99 Å². The smallest absolute Gasteiger partial charge is 0.332 e. The minimum Gasteiger partial charge on any atom is -0.492 e. The van der Waals surface area contributed by atoms with E-state index in [1.165, 1.54) is 11.1 Å². The largest absolute Gasteiger partial charge is 0.492 e. The lowest BCUT2D eigenvalue weighted by atomic mass is 10.1. The molecule has 0 saturated heterocycles. The number of hydrogen-bond donors (Lipinski definition) is 2. The summed E-state index contributed by atoms with van der Waals surface area (Å²) in [6, 6.07) is 13.4. The van der Waals surface area contributed by atoms with Crippen LogP contribution in [0.1, 0.15) is 16.7 Å². The van der Waals surface area contributed by atoms with Crippen molar-refractivity contribution in [2.75, 3.05) is 6.61 Å². The first-order valence-corrected chi connectivity index (χ1v) is 8.41. The molecule has 1 heterocycles. The average Bonchev–Trinajstić information content (AvgIpc) is 2.96. The summed E-state index contributed by atoms with van der Waals surface area (Å²) in [7, 11) is 0. The number of nitrogens with two attached hydrogens (primary N) is 1. The molecule has 0 saturated carbocycles. The summed E-state index contributed by atoms with van der Waals surface area (Å²) in [5, 5.41) is 4.91. The molecule has 26 heavy (non-hydrogen) atoms. The third-order valence-electron chi connectivity index (χ3n) is 4.28. The molecular formula is C20H22N4O2. The first kappa shape index (κ1) is 17.5. The van der Waals surface area contributed by atoms with Crippen molar-refractivity contribution >= 4 is 23.1 Å². The number of fused-ring (bicyclic) bond motifs is 1. The molecule has 134 valence electrons. The average molecular weight is 350 g/mol. The number of primary amides is 1. The zero-order valence-electron chi connectivity index (χ0n) is 14.9. The van der Waals surface area contributed by atoms with E-state index in [1.54, 1.807) is 6.21 Å². The van der Waals surface area contributed by atoms with Crippen LogP contribution in [0.15, 0.2) is 53.8 Å². The number of hydrazone groups is 1. The minimum atomic E-state index is -0.688. The van der Waals surface area contributed by atoms with Gasteiger partial charge in [0, 0.05) is 22.7 Å². The van der Waals surface area contributed by atoms with Crippen molar-refractivity contribution in [3.63, 3.8) is 0 Å². The lowest BCUT2D eigenvalue weighted by Crippen LogP contribution is -2.24. The zero-order valence-corrected chi connectivity index (χ0v) is 14.9. The zero-order chi connectivity index (χ0) is 18.5. The predicted molar refractivity (Wildman–Crippen MR) is 104 cm³/mol. The molecule has 0 fully saturated rings. The maximum atomic E-state index is 10.8. The summed E-state index contributed by atoms with van der Waals surface area (Å²) in [5.74, 6) is 0.872. The van der Waals surface area contributed by atoms with Gasteiger partial charge < -0.3 is 15.0 Å². The van der Waals surface area contributed by atoms with Crippen molar-refractivity contribution in [1.29, 1.82) is 0 Å². The van der Waals surface area contributed by atoms with Crippen LogP contribution in [0.5, 0.6) is 5.75 Å². The first-order chi connectivity index (χ1) is 12.5. The molecule has 0 aliphatic rings. The second-order valence-electron chi connectivity index (χ2n) is 6.12. The number of rotatable bonds is 6. The van der Waals surface area contributed by atoms with Crippen molar-refractivity contribution in [3.8, 4) is 5.75 Å². The van der Waals surface area contributed by atoms with Gasteiger partial charge in [0.2, 0.25) is 0 Å². The number of para-hydroxylation sites is 1. The Hall–Kier alpha value is -3.28. The predicted octanol–water partition coefficient (Wildman–Crippen LogP) is 3.34. The number of amides is 2. The molecule has 6 heteroatoms. The molecule has 3 rings (SSSR count). The molecule has 0 unspecified atom stereocenters. The van der Waals surface area contributed by atoms with Crippen LogP contribution in [0, 0.1) is 13.8 Å². The van der Waals surface area contributed by atoms with E-state index >= 15 is 0 Å². The van der Waals surface area contributed by atoms with E-state index < -0.39 is 6.03 Å².